The second-order valence-electron chi connectivity index (χ2n) is 7.42. The molecule has 0 saturated heterocycles. The first-order chi connectivity index (χ1) is 8.15. The molecule has 4 N–H and O–H groups in total. The predicted octanol–water partition coefficient (Wildman–Crippen LogP) is 2.12. The van der Waals surface area contributed by atoms with Gasteiger partial charge in [-0.3, -0.25) is 0 Å². The van der Waals surface area contributed by atoms with Crippen LogP contribution >= 0.6 is 0 Å². The maximum absolute atomic E-state index is 6.17. The summed E-state index contributed by atoms with van der Waals surface area (Å²) in [6.45, 7) is 2.52. The van der Waals surface area contributed by atoms with Gasteiger partial charge < -0.3 is 11.5 Å². The minimum absolute atomic E-state index is 0.499. The molecule has 0 aromatic heterocycles. The Morgan fingerprint density at radius 1 is 0.824 bits per heavy atom. The maximum Gasteiger partial charge on any atom is 0.00418 e. The van der Waals surface area contributed by atoms with Gasteiger partial charge in [-0.15, -0.1) is 0 Å². The lowest BCUT2D eigenvalue weighted by Crippen LogP contribution is -2.54. The SMILES string of the molecule is CC1C2CC(N)CCC2C12C1CCC(N)CC12. The van der Waals surface area contributed by atoms with E-state index in [0.29, 0.717) is 12.1 Å². The van der Waals surface area contributed by atoms with E-state index >= 15 is 0 Å². The van der Waals surface area contributed by atoms with E-state index in [1.165, 1.54) is 38.5 Å². The summed E-state index contributed by atoms with van der Waals surface area (Å²) >= 11 is 0. The van der Waals surface area contributed by atoms with Crippen LogP contribution in [0.4, 0.5) is 0 Å². The molecule has 0 aromatic carbocycles. The number of nitrogens with two attached hydrogens (primary N) is 2. The summed E-state index contributed by atoms with van der Waals surface area (Å²) in [6.07, 6.45) is 8.03. The fourth-order valence-corrected chi connectivity index (χ4v) is 6.47. The van der Waals surface area contributed by atoms with E-state index in [1.807, 2.05) is 0 Å². The van der Waals surface area contributed by atoms with Crippen molar-refractivity contribution in [2.24, 2.45) is 46.5 Å². The fourth-order valence-electron chi connectivity index (χ4n) is 6.47. The molecule has 2 nitrogen and oxygen atoms in total. The Balaban J connectivity index is 1.57. The summed E-state index contributed by atoms with van der Waals surface area (Å²) in [6, 6.07) is 1.01. The first kappa shape index (κ1) is 10.8. The molecule has 0 aliphatic heterocycles. The van der Waals surface area contributed by atoms with Crippen LogP contribution in [0.15, 0.2) is 0 Å². The third kappa shape index (κ3) is 1.14. The van der Waals surface area contributed by atoms with Crippen molar-refractivity contribution >= 4 is 0 Å². The molecule has 0 heterocycles. The lowest BCUT2D eigenvalue weighted by molar-refractivity contribution is -0.0873. The lowest BCUT2D eigenvalue weighted by atomic mass is 9.48. The fraction of sp³-hybridized carbons (Fsp3) is 1.00. The van der Waals surface area contributed by atoms with Gasteiger partial charge in [0.1, 0.15) is 0 Å². The molecule has 8 unspecified atom stereocenters. The summed E-state index contributed by atoms with van der Waals surface area (Å²) in [5.41, 5.74) is 13.1. The van der Waals surface area contributed by atoms with Gasteiger partial charge in [0.2, 0.25) is 0 Å². The van der Waals surface area contributed by atoms with Crippen molar-refractivity contribution in [3.63, 3.8) is 0 Å². The van der Waals surface area contributed by atoms with Crippen LogP contribution in [0, 0.1) is 35.0 Å². The van der Waals surface area contributed by atoms with Crippen LogP contribution in [0.25, 0.3) is 0 Å². The molecule has 4 saturated carbocycles. The molecule has 0 amide bonds. The van der Waals surface area contributed by atoms with E-state index in [2.05, 4.69) is 6.92 Å². The maximum atomic E-state index is 6.17. The first-order valence-electron chi connectivity index (χ1n) is 7.66. The Labute approximate surface area is 105 Å². The van der Waals surface area contributed by atoms with E-state index in [4.69, 9.17) is 11.5 Å². The van der Waals surface area contributed by atoms with Gasteiger partial charge in [0, 0.05) is 12.1 Å². The Hall–Kier alpha value is -0.0800. The Morgan fingerprint density at radius 3 is 2.18 bits per heavy atom. The van der Waals surface area contributed by atoms with E-state index in [-0.39, 0.29) is 0 Å². The molecule has 1 spiro atoms. The zero-order valence-electron chi connectivity index (χ0n) is 10.9. The lowest BCUT2D eigenvalue weighted by Gasteiger charge is -2.57. The normalized spacial score (nSPS) is 64.8. The van der Waals surface area contributed by atoms with Crippen molar-refractivity contribution in [2.45, 2.75) is 57.5 Å². The number of hydrogen-bond acceptors (Lipinski definition) is 2. The Bertz CT molecular complexity index is 342. The Morgan fingerprint density at radius 2 is 1.47 bits per heavy atom. The smallest absolute Gasteiger partial charge is 0.00418 e. The summed E-state index contributed by atoms with van der Waals surface area (Å²) < 4.78 is 0. The van der Waals surface area contributed by atoms with E-state index in [1.54, 1.807) is 0 Å². The highest BCUT2D eigenvalue weighted by Gasteiger charge is 2.78. The van der Waals surface area contributed by atoms with Gasteiger partial charge in [-0.1, -0.05) is 6.92 Å². The van der Waals surface area contributed by atoms with Crippen LogP contribution in [0.5, 0.6) is 0 Å². The van der Waals surface area contributed by atoms with Gasteiger partial charge in [0.15, 0.2) is 0 Å². The van der Waals surface area contributed by atoms with Crippen LogP contribution in [0.1, 0.15) is 45.4 Å². The third-order valence-corrected chi connectivity index (χ3v) is 7.08. The van der Waals surface area contributed by atoms with E-state index < -0.39 is 0 Å². The molecule has 8 atom stereocenters. The van der Waals surface area contributed by atoms with Crippen molar-refractivity contribution in [3.05, 3.63) is 0 Å². The van der Waals surface area contributed by atoms with Gasteiger partial charge >= 0.3 is 0 Å². The molecular weight excluding hydrogens is 208 g/mol. The highest BCUT2D eigenvalue weighted by molar-refractivity contribution is 5.26. The summed E-state index contributed by atoms with van der Waals surface area (Å²) in [5.74, 6) is 4.97. The van der Waals surface area contributed by atoms with E-state index in [9.17, 15) is 0 Å². The Kier molecular flexibility index (Phi) is 2.08. The number of fused-ring (bicyclic) bond motifs is 5. The minimum Gasteiger partial charge on any atom is -0.328 e. The van der Waals surface area contributed by atoms with Crippen LogP contribution in [-0.4, -0.2) is 12.1 Å². The molecule has 96 valence electrons. The molecule has 0 bridgehead atoms. The molecule has 4 rings (SSSR count). The molecule has 4 aliphatic carbocycles. The molecule has 2 heteroatoms. The van der Waals surface area contributed by atoms with Crippen LogP contribution in [0.2, 0.25) is 0 Å². The van der Waals surface area contributed by atoms with Crippen molar-refractivity contribution in [2.75, 3.05) is 0 Å². The quantitative estimate of drug-likeness (QED) is 0.674. The molecular formula is C15H26N2. The van der Waals surface area contributed by atoms with Crippen molar-refractivity contribution in [1.82, 2.24) is 0 Å². The van der Waals surface area contributed by atoms with Crippen molar-refractivity contribution in [1.29, 1.82) is 0 Å². The molecule has 0 radical (unpaired) electrons. The van der Waals surface area contributed by atoms with Gasteiger partial charge in [0.05, 0.1) is 0 Å². The van der Waals surface area contributed by atoms with Gasteiger partial charge in [-0.2, -0.15) is 0 Å². The average molecular weight is 234 g/mol. The standard InChI is InChI=1S/C15H26N2/c1-8-11-6-9(16)2-4-12(11)15(8)13-5-3-10(17)7-14(13)15/h8-14H,2-7,16-17H2,1H3. The highest BCUT2D eigenvalue weighted by Crippen LogP contribution is 2.82. The van der Waals surface area contributed by atoms with Gasteiger partial charge in [0.25, 0.3) is 0 Å². The van der Waals surface area contributed by atoms with Crippen molar-refractivity contribution < 1.29 is 0 Å². The largest absolute Gasteiger partial charge is 0.328 e. The predicted molar refractivity (Wildman–Crippen MR) is 69.2 cm³/mol. The summed E-state index contributed by atoms with van der Waals surface area (Å²) in [4.78, 5) is 0. The van der Waals surface area contributed by atoms with Crippen LogP contribution in [0.3, 0.4) is 0 Å². The summed E-state index contributed by atoms with van der Waals surface area (Å²) in [7, 11) is 0. The average Bonchev–Trinajstić information content (AvgIpc) is 2.99. The summed E-state index contributed by atoms with van der Waals surface area (Å²) in [5, 5.41) is 0. The molecule has 4 aliphatic rings. The minimum atomic E-state index is 0.499. The highest BCUT2D eigenvalue weighted by atomic mass is 14.9. The monoisotopic (exact) mass is 234 g/mol. The number of rotatable bonds is 0. The third-order valence-electron chi connectivity index (χ3n) is 7.08. The van der Waals surface area contributed by atoms with Crippen LogP contribution < -0.4 is 11.5 Å². The number of hydrogen-bond donors (Lipinski definition) is 2. The zero-order chi connectivity index (χ0) is 11.8. The van der Waals surface area contributed by atoms with Crippen LogP contribution in [-0.2, 0) is 0 Å². The second kappa shape index (κ2) is 3.27. The first-order valence-corrected chi connectivity index (χ1v) is 7.66. The van der Waals surface area contributed by atoms with Gasteiger partial charge in [-0.25, -0.2) is 0 Å². The topological polar surface area (TPSA) is 52.0 Å². The van der Waals surface area contributed by atoms with Crippen molar-refractivity contribution in [3.8, 4) is 0 Å². The molecule has 0 aromatic rings. The second-order valence-corrected chi connectivity index (χ2v) is 7.42. The van der Waals surface area contributed by atoms with E-state index in [0.717, 1.165) is 35.0 Å². The molecule has 4 fully saturated rings. The molecule has 17 heavy (non-hydrogen) atoms. The zero-order valence-corrected chi connectivity index (χ0v) is 10.9. The van der Waals surface area contributed by atoms with Gasteiger partial charge in [-0.05, 0) is 73.5 Å².